The van der Waals surface area contributed by atoms with Crippen LogP contribution in [0.15, 0.2) is 12.3 Å². The number of thioether (sulfide) groups is 1. The lowest BCUT2D eigenvalue weighted by Gasteiger charge is -2.37. The lowest BCUT2D eigenvalue weighted by Crippen LogP contribution is -2.33. The number of nitrogens with zero attached hydrogens (tertiary/aromatic N) is 2. The molecule has 2 unspecified atom stereocenters. The number of pyridine rings is 1. The van der Waals surface area contributed by atoms with Crippen molar-refractivity contribution in [3.63, 3.8) is 0 Å². The van der Waals surface area contributed by atoms with Crippen LogP contribution < -0.4 is 0 Å². The summed E-state index contributed by atoms with van der Waals surface area (Å²) in [6, 6.07) is 3.87. The SMILES string of the molecule is Cc1cc(C(=O)C2CC3CCCC(C2)S3)cnc1C#N. The van der Waals surface area contributed by atoms with Gasteiger partial charge in [0.1, 0.15) is 11.8 Å². The summed E-state index contributed by atoms with van der Waals surface area (Å²) in [6.45, 7) is 1.84. The third-order valence-electron chi connectivity index (χ3n) is 4.37. The summed E-state index contributed by atoms with van der Waals surface area (Å²) < 4.78 is 0. The average Bonchev–Trinajstić information content (AvgIpc) is 2.46. The molecule has 104 valence electrons. The maximum absolute atomic E-state index is 12.7. The highest BCUT2D eigenvalue weighted by atomic mass is 32.2. The van der Waals surface area contributed by atoms with Crippen molar-refractivity contribution < 1.29 is 4.79 Å². The van der Waals surface area contributed by atoms with E-state index < -0.39 is 0 Å². The first-order valence-corrected chi connectivity index (χ1v) is 8.18. The number of ketones is 1. The summed E-state index contributed by atoms with van der Waals surface area (Å²) in [5.41, 5.74) is 1.89. The van der Waals surface area contributed by atoms with E-state index >= 15 is 0 Å². The summed E-state index contributed by atoms with van der Waals surface area (Å²) in [6.07, 6.45) is 7.44. The van der Waals surface area contributed by atoms with Gasteiger partial charge in [-0.1, -0.05) is 6.42 Å². The highest BCUT2D eigenvalue weighted by molar-refractivity contribution is 8.00. The van der Waals surface area contributed by atoms with Crippen LogP contribution in [-0.2, 0) is 0 Å². The van der Waals surface area contributed by atoms with Crippen LogP contribution in [-0.4, -0.2) is 21.3 Å². The van der Waals surface area contributed by atoms with E-state index in [2.05, 4.69) is 16.7 Å². The van der Waals surface area contributed by atoms with Gasteiger partial charge in [0.15, 0.2) is 5.78 Å². The zero-order valence-corrected chi connectivity index (χ0v) is 12.4. The number of Topliss-reactive ketones (excluding diaryl/α,β-unsaturated/α-hetero) is 1. The van der Waals surface area contributed by atoms with Gasteiger partial charge in [-0.25, -0.2) is 4.98 Å². The Morgan fingerprint density at radius 2 is 2.10 bits per heavy atom. The first-order chi connectivity index (χ1) is 9.67. The molecule has 2 saturated heterocycles. The molecule has 0 aromatic carbocycles. The Morgan fingerprint density at radius 1 is 1.40 bits per heavy atom. The van der Waals surface area contributed by atoms with Crippen molar-refractivity contribution in [2.75, 3.05) is 0 Å². The Hall–Kier alpha value is -1.34. The highest BCUT2D eigenvalue weighted by Gasteiger charge is 2.36. The topological polar surface area (TPSA) is 53.8 Å². The molecular formula is C16H18N2OS. The van der Waals surface area contributed by atoms with E-state index in [1.807, 2.05) is 19.1 Å². The molecule has 0 saturated carbocycles. The Labute approximate surface area is 123 Å². The van der Waals surface area contributed by atoms with Gasteiger partial charge in [0, 0.05) is 28.2 Å². The molecule has 2 atom stereocenters. The molecule has 2 fully saturated rings. The van der Waals surface area contributed by atoms with Crippen molar-refractivity contribution in [2.24, 2.45) is 5.92 Å². The number of fused-ring (bicyclic) bond motifs is 2. The van der Waals surface area contributed by atoms with Crippen molar-refractivity contribution in [3.05, 3.63) is 29.1 Å². The molecular weight excluding hydrogens is 268 g/mol. The van der Waals surface area contributed by atoms with Crippen LogP contribution in [0, 0.1) is 24.2 Å². The fraction of sp³-hybridized carbons (Fsp3) is 0.562. The molecule has 0 radical (unpaired) electrons. The Balaban J connectivity index is 1.79. The third-order valence-corrected chi connectivity index (χ3v) is 6.00. The third kappa shape index (κ3) is 2.60. The summed E-state index contributed by atoms with van der Waals surface area (Å²) >= 11 is 2.09. The van der Waals surface area contributed by atoms with Gasteiger partial charge in [-0.2, -0.15) is 17.0 Å². The van der Waals surface area contributed by atoms with Gasteiger partial charge < -0.3 is 0 Å². The molecule has 1 aromatic heterocycles. The van der Waals surface area contributed by atoms with E-state index in [-0.39, 0.29) is 11.7 Å². The zero-order chi connectivity index (χ0) is 14.1. The number of aromatic nitrogens is 1. The maximum atomic E-state index is 12.7. The number of aryl methyl sites for hydroxylation is 1. The van der Waals surface area contributed by atoms with E-state index in [0.717, 1.165) is 18.4 Å². The van der Waals surface area contributed by atoms with E-state index in [0.29, 0.717) is 21.8 Å². The minimum atomic E-state index is 0.153. The summed E-state index contributed by atoms with van der Waals surface area (Å²) in [7, 11) is 0. The average molecular weight is 286 g/mol. The molecule has 2 bridgehead atoms. The normalized spacial score (nSPS) is 28.7. The monoisotopic (exact) mass is 286 g/mol. The second-order valence-electron chi connectivity index (χ2n) is 5.84. The molecule has 0 spiro atoms. The molecule has 3 nitrogen and oxygen atoms in total. The zero-order valence-electron chi connectivity index (χ0n) is 11.6. The molecule has 0 N–H and O–H groups in total. The quantitative estimate of drug-likeness (QED) is 0.781. The van der Waals surface area contributed by atoms with E-state index in [9.17, 15) is 4.79 Å². The van der Waals surface area contributed by atoms with Gasteiger partial charge in [-0.3, -0.25) is 4.79 Å². The van der Waals surface area contributed by atoms with Crippen LogP contribution in [0.3, 0.4) is 0 Å². The minimum absolute atomic E-state index is 0.153. The summed E-state index contributed by atoms with van der Waals surface area (Å²) in [4.78, 5) is 16.7. The van der Waals surface area contributed by atoms with Crippen LogP contribution in [0.4, 0.5) is 0 Å². The molecule has 3 rings (SSSR count). The van der Waals surface area contributed by atoms with Crippen LogP contribution in [0.1, 0.15) is 53.7 Å². The molecule has 20 heavy (non-hydrogen) atoms. The first-order valence-electron chi connectivity index (χ1n) is 7.24. The molecule has 0 amide bonds. The number of rotatable bonds is 2. The molecule has 4 heteroatoms. The predicted octanol–water partition coefficient (Wildman–Crippen LogP) is 3.51. The molecule has 1 aromatic rings. The Bertz CT molecular complexity index is 566. The second-order valence-corrected chi connectivity index (χ2v) is 7.45. The van der Waals surface area contributed by atoms with Crippen molar-refractivity contribution in [1.82, 2.24) is 4.98 Å². The summed E-state index contributed by atoms with van der Waals surface area (Å²) in [5.74, 6) is 0.378. The minimum Gasteiger partial charge on any atom is -0.294 e. The van der Waals surface area contributed by atoms with Gasteiger partial charge in [0.2, 0.25) is 0 Å². The first kappa shape index (κ1) is 13.6. The smallest absolute Gasteiger partial charge is 0.167 e. The number of carbonyl (C=O) groups is 1. The van der Waals surface area contributed by atoms with Gasteiger partial charge in [0.25, 0.3) is 0 Å². The van der Waals surface area contributed by atoms with Gasteiger partial charge >= 0.3 is 0 Å². The molecule has 2 aliphatic heterocycles. The molecule has 2 aliphatic rings. The van der Waals surface area contributed by atoms with Gasteiger partial charge in [0.05, 0.1) is 0 Å². The van der Waals surface area contributed by atoms with Crippen LogP contribution in [0.25, 0.3) is 0 Å². The lowest BCUT2D eigenvalue weighted by molar-refractivity contribution is 0.0896. The number of hydrogen-bond donors (Lipinski definition) is 0. The number of carbonyl (C=O) groups excluding carboxylic acids is 1. The van der Waals surface area contributed by atoms with Crippen LogP contribution in [0.2, 0.25) is 0 Å². The second kappa shape index (κ2) is 5.57. The van der Waals surface area contributed by atoms with Crippen LogP contribution >= 0.6 is 11.8 Å². The van der Waals surface area contributed by atoms with Gasteiger partial charge in [-0.05, 0) is 44.2 Å². The largest absolute Gasteiger partial charge is 0.294 e. The Kier molecular flexibility index (Phi) is 3.80. The van der Waals surface area contributed by atoms with Crippen molar-refractivity contribution in [3.8, 4) is 6.07 Å². The van der Waals surface area contributed by atoms with E-state index in [1.165, 1.54) is 19.3 Å². The fourth-order valence-electron chi connectivity index (χ4n) is 3.34. The van der Waals surface area contributed by atoms with E-state index in [1.54, 1.807) is 6.20 Å². The van der Waals surface area contributed by atoms with Crippen molar-refractivity contribution >= 4 is 17.5 Å². The fourth-order valence-corrected chi connectivity index (χ4v) is 5.17. The van der Waals surface area contributed by atoms with Crippen molar-refractivity contribution in [1.29, 1.82) is 5.26 Å². The standard InChI is InChI=1S/C16H18N2OS/c1-10-5-12(9-18-15(10)8-17)16(19)11-6-13-3-2-4-14(7-11)20-13/h5,9,11,13-14H,2-4,6-7H2,1H3. The van der Waals surface area contributed by atoms with Crippen molar-refractivity contribution in [2.45, 2.75) is 49.5 Å². The maximum Gasteiger partial charge on any atom is 0.167 e. The Morgan fingerprint density at radius 3 is 2.70 bits per heavy atom. The van der Waals surface area contributed by atoms with E-state index in [4.69, 9.17) is 5.26 Å². The predicted molar refractivity (Wildman–Crippen MR) is 79.8 cm³/mol. The number of nitriles is 1. The number of hydrogen-bond acceptors (Lipinski definition) is 4. The van der Waals surface area contributed by atoms with Gasteiger partial charge in [-0.15, -0.1) is 0 Å². The lowest BCUT2D eigenvalue weighted by atomic mass is 9.84. The molecule has 3 heterocycles. The highest BCUT2D eigenvalue weighted by Crippen LogP contribution is 2.44. The molecule has 0 aliphatic carbocycles. The summed E-state index contributed by atoms with van der Waals surface area (Å²) in [5, 5.41) is 10.2. The van der Waals surface area contributed by atoms with Crippen LogP contribution in [0.5, 0.6) is 0 Å².